The van der Waals surface area contributed by atoms with E-state index in [1.807, 2.05) is 24.3 Å². The molecule has 0 bridgehead atoms. The third-order valence-corrected chi connectivity index (χ3v) is 3.92. The Balaban J connectivity index is 2.03. The first-order chi connectivity index (χ1) is 6.75. The lowest BCUT2D eigenvalue weighted by Gasteiger charge is -2.06. The zero-order valence-corrected chi connectivity index (χ0v) is 9.27. The molecule has 74 valence electrons. The summed E-state index contributed by atoms with van der Waals surface area (Å²) in [6, 6.07) is 7.67. The van der Waals surface area contributed by atoms with Crippen LogP contribution in [0.3, 0.4) is 0 Å². The van der Waals surface area contributed by atoms with Crippen LogP contribution in [0.25, 0.3) is 0 Å². The summed E-state index contributed by atoms with van der Waals surface area (Å²) in [6.45, 7) is 0. The van der Waals surface area contributed by atoms with Gasteiger partial charge in [0.25, 0.3) is 0 Å². The molecule has 0 spiro atoms. The van der Waals surface area contributed by atoms with Crippen molar-refractivity contribution in [3.63, 3.8) is 0 Å². The largest absolute Gasteiger partial charge is 0.298 e. The molecule has 0 aliphatic heterocycles. The molecule has 0 amide bonds. The zero-order valence-electron chi connectivity index (χ0n) is 7.70. The zero-order chi connectivity index (χ0) is 9.97. The van der Waals surface area contributed by atoms with E-state index < -0.39 is 0 Å². The minimum atomic E-state index is 0.177. The average Bonchev–Trinajstić information content (AvgIpc) is 2.56. The van der Waals surface area contributed by atoms with Gasteiger partial charge in [0, 0.05) is 16.3 Å². The highest BCUT2D eigenvalue weighted by atomic mass is 35.5. The Hall–Kier alpha value is -0.470. The lowest BCUT2D eigenvalue weighted by Crippen LogP contribution is -2.07. The van der Waals surface area contributed by atoms with Gasteiger partial charge in [-0.15, -0.1) is 11.8 Å². The van der Waals surface area contributed by atoms with Crippen molar-refractivity contribution in [1.82, 2.24) is 0 Å². The molecule has 0 N–H and O–H groups in total. The molecule has 1 saturated carbocycles. The van der Waals surface area contributed by atoms with Crippen molar-refractivity contribution < 1.29 is 4.79 Å². The molecule has 1 atom stereocenters. The van der Waals surface area contributed by atoms with Crippen molar-refractivity contribution in [3.8, 4) is 0 Å². The van der Waals surface area contributed by atoms with Crippen LogP contribution in [-0.4, -0.2) is 11.0 Å². The van der Waals surface area contributed by atoms with Crippen LogP contribution in [0.1, 0.15) is 19.3 Å². The summed E-state index contributed by atoms with van der Waals surface area (Å²) < 4.78 is 0. The molecular weight excluding hydrogens is 216 g/mol. The van der Waals surface area contributed by atoms with Crippen molar-refractivity contribution in [2.75, 3.05) is 0 Å². The van der Waals surface area contributed by atoms with E-state index in [2.05, 4.69) is 0 Å². The average molecular weight is 227 g/mol. The van der Waals surface area contributed by atoms with Crippen LogP contribution >= 0.6 is 23.4 Å². The molecule has 1 aromatic rings. The second-order valence-electron chi connectivity index (χ2n) is 3.42. The third-order valence-electron chi connectivity index (χ3n) is 2.34. The van der Waals surface area contributed by atoms with Gasteiger partial charge < -0.3 is 0 Å². The number of hydrogen-bond acceptors (Lipinski definition) is 2. The highest BCUT2D eigenvalue weighted by molar-refractivity contribution is 8.00. The van der Waals surface area contributed by atoms with Crippen LogP contribution < -0.4 is 0 Å². The van der Waals surface area contributed by atoms with Gasteiger partial charge in [0.15, 0.2) is 0 Å². The Bertz CT molecular complexity index is 334. The van der Waals surface area contributed by atoms with Gasteiger partial charge in [-0.1, -0.05) is 11.6 Å². The van der Waals surface area contributed by atoms with Gasteiger partial charge in [0.05, 0.1) is 5.25 Å². The fourth-order valence-corrected chi connectivity index (χ4v) is 2.87. The van der Waals surface area contributed by atoms with Crippen molar-refractivity contribution in [2.45, 2.75) is 29.4 Å². The van der Waals surface area contributed by atoms with Crippen molar-refractivity contribution in [3.05, 3.63) is 29.3 Å². The van der Waals surface area contributed by atoms with E-state index in [4.69, 9.17) is 11.6 Å². The Morgan fingerprint density at radius 1 is 1.29 bits per heavy atom. The summed E-state index contributed by atoms with van der Waals surface area (Å²) in [4.78, 5) is 12.5. The molecule has 1 aromatic carbocycles. The molecule has 14 heavy (non-hydrogen) atoms. The van der Waals surface area contributed by atoms with Crippen LogP contribution in [0, 0.1) is 0 Å². The number of rotatable bonds is 2. The Labute approximate surface area is 92.8 Å². The highest BCUT2D eigenvalue weighted by Crippen LogP contribution is 2.32. The number of halogens is 1. The molecule has 1 aliphatic rings. The predicted molar refractivity (Wildman–Crippen MR) is 60.0 cm³/mol. The van der Waals surface area contributed by atoms with E-state index in [9.17, 15) is 4.79 Å². The van der Waals surface area contributed by atoms with E-state index in [1.54, 1.807) is 11.8 Å². The van der Waals surface area contributed by atoms with Crippen molar-refractivity contribution in [1.29, 1.82) is 0 Å². The van der Waals surface area contributed by atoms with Crippen LogP contribution in [0.4, 0.5) is 0 Å². The topological polar surface area (TPSA) is 17.1 Å². The molecule has 1 aliphatic carbocycles. The molecule has 0 radical (unpaired) electrons. The van der Waals surface area contributed by atoms with E-state index in [0.29, 0.717) is 5.78 Å². The first-order valence-electron chi connectivity index (χ1n) is 4.70. The smallest absolute Gasteiger partial charge is 0.146 e. The molecule has 1 fully saturated rings. The number of carbonyl (C=O) groups excluding carboxylic acids is 1. The third kappa shape index (κ3) is 2.31. The quantitative estimate of drug-likeness (QED) is 0.767. The van der Waals surface area contributed by atoms with Gasteiger partial charge in [-0.3, -0.25) is 4.79 Å². The number of thioether (sulfide) groups is 1. The normalized spacial score (nSPS) is 21.5. The number of hydrogen-bond donors (Lipinski definition) is 0. The first-order valence-corrected chi connectivity index (χ1v) is 5.96. The molecular formula is C11H11ClOS. The fraction of sp³-hybridized carbons (Fsp3) is 0.364. The second kappa shape index (κ2) is 4.37. The summed E-state index contributed by atoms with van der Waals surface area (Å²) in [5.74, 6) is 0.393. The van der Waals surface area contributed by atoms with Crippen LogP contribution in [0.2, 0.25) is 5.02 Å². The standard InChI is InChI=1S/C11H11ClOS/c12-8-4-6-9(7-5-8)14-11-3-1-2-10(11)13/h4-7,11H,1-3H2. The lowest BCUT2D eigenvalue weighted by atomic mass is 10.3. The summed E-state index contributed by atoms with van der Waals surface area (Å²) in [5.41, 5.74) is 0. The van der Waals surface area contributed by atoms with Crippen LogP contribution in [-0.2, 0) is 4.79 Å². The number of ketones is 1. The first kappa shape index (κ1) is 10.1. The maximum absolute atomic E-state index is 11.4. The Morgan fingerprint density at radius 3 is 2.57 bits per heavy atom. The van der Waals surface area contributed by atoms with E-state index >= 15 is 0 Å². The maximum atomic E-state index is 11.4. The van der Waals surface area contributed by atoms with Gasteiger partial charge in [0.2, 0.25) is 0 Å². The van der Waals surface area contributed by atoms with E-state index in [1.165, 1.54) is 0 Å². The summed E-state index contributed by atoms with van der Waals surface area (Å²) in [7, 11) is 0. The molecule has 1 nitrogen and oxygen atoms in total. The number of Topliss-reactive ketones (excluding diaryl/α,β-unsaturated/α-hetero) is 1. The SMILES string of the molecule is O=C1CCCC1Sc1ccc(Cl)cc1. The van der Waals surface area contributed by atoms with Crippen LogP contribution in [0.5, 0.6) is 0 Å². The Kier molecular flexibility index (Phi) is 3.14. The van der Waals surface area contributed by atoms with Crippen LogP contribution in [0.15, 0.2) is 29.2 Å². The molecule has 3 heteroatoms. The predicted octanol–water partition coefficient (Wildman–Crippen LogP) is 3.55. The molecule has 0 saturated heterocycles. The van der Waals surface area contributed by atoms with E-state index in [-0.39, 0.29) is 5.25 Å². The molecule has 0 aromatic heterocycles. The van der Waals surface area contributed by atoms with Gasteiger partial charge in [-0.05, 0) is 37.1 Å². The maximum Gasteiger partial charge on any atom is 0.146 e. The van der Waals surface area contributed by atoms with E-state index in [0.717, 1.165) is 29.2 Å². The fourth-order valence-electron chi connectivity index (χ4n) is 1.59. The molecule has 1 unspecified atom stereocenters. The summed E-state index contributed by atoms with van der Waals surface area (Å²) in [6.07, 6.45) is 2.82. The van der Waals surface area contributed by atoms with Gasteiger partial charge in [-0.2, -0.15) is 0 Å². The van der Waals surface area contributed by atoms with Crippen molar-refractivity contribution >= 4 is 29.1 Å². The lowest BCUT2D eigenvalue weighted by molar-refractivity contribution is -0.116. The summed E-state index contributed by atoms with van der Waals surface area (Å²) >= 11 is 7.44. The Morgan fingerprint density at radius 2 is 2.00 bits per heavy atom. The van der Waals surface area contributed by atoms with Gasteiger partial charge >= 0.3 is 0 Å². The minimum absolute atomic E-state index is 0.177. The monoisotopic (exact) mass is 226 g/mol. The minimum Gasteiger partial charge on any atom is -0.298 e. The summed E-state index contributed by atoms with van der Waals surface area (Å²) in [5, 5.41) is 0.920. The van der Waals surface area contributed by atoms with Gasteiger partial charge in [0.1, 0.15) is 5.78 Å². The van der Waals surface area contributed by atoms with Gasteiger partial charge in [-0.25, -0.2) is 0 Å². The second-order valence-corrected chi connectivity index (χ2v) is 5.13. The number of benzene rings is 1. The molecule has 0 heterocycles. The molecule has 2 rings (SSSR count). The number of carbonyl (C=O) groups is 1. The van der Waals surface area contributed by atoms with Crippen molar-refractivity contribution in [2.24, 2.45) is 0 Å². The highest BCUT2D eigenvalue weighted by Gasteiger charge is 2.24.